The number of aromatic nitrogens is 2. The Bertz CT molecular complexity index is 693. The van der Waals surface area contributed by atoms with Crippen LogP contribution >= 0.6 is 0 Å². The maximum Gasteiger partial charge on any atom is 0.494 e. The van der Waals surface area contributed by atoms with Gasteiger partial charge in [0, 0.05) is 13.1 Å². The average molecular weight is 315 g/mol. The summed E-state index contributed by atoms with van der Waals surface area (Å²) in [5.74, 6) is 0. The van der Waals surface area contributed by atoms with Gasteiger partial charge in [-0.3, -0.25) is 0 Å². The molecule has 0 aliphatic carbocycles. The van der Waals surface area contributed by atoms with Gasteiger partial charge in [-0.15, -0.1) is 0 Å². The number of hydrogen-bond acceptors (Lipinski definition) is 4. The molecule has 1 fully saturated rings. The highest BCUT2D eigenvalue weighted by atomic mass is 16.7. The molecular weight excluding hydrogens is 289 g/mol. The van der Waals surface area contributed by atoms with E-state index in [4.69, 9.17) is 9.31 Å². The quantitative estimate of drug-likeness (QED) is 0.808. The van der Waals surface area contributed by atoms with Gasteiger partial charge < -0.3 is 18.8 Å². The summed E-state index contributed by atoms with van der Waals surface area (Å²) >= 11 is 0. The van der Waals surface area contributed by atoms with Crippen LogP contribution in [-0.2, 0) is 15.9 Å². The van der Waals surface area contributed by atoms with Crippen molar-refractivity contribution in [3.05, 3.63) is 24.5 Å². The molecule has 0 bridgehead atoms. The predicted molar refractivity (Wildman–Crippen MR) is 94.0 cm³/mol. The third-order valence-electron chi connectivity index (χ3n) is 4.96. The first kappa shape index (κ1) is 16.5. The van der Waals surface area contributed by atoms with Gasteiger partial charge in [-0.1, -0.05) is 6.07 Å². The van der Waals surface area contributed by atoms with Crippen molar-refractivity contribution in [3.63, 3.8) is 0 Å². The minimum absolute atomic E-state index is 0.322. The smallest absolute Gasteiger partial charge is 0.399 e. The van der Waals surface area contributed by atoms with Crippen molar-refractivity contribution < 1.29 is 9.31 Å². The first-order valence-electron chi connectivity index (χ1n) is 8.15. The molecule has 5 nitrogen and oxygen atoms in total. The summed E-state index contributed by atoms with van der Waals surface area (Å²) in [6.45, 7) is 10.2. The fourth-order valence-corrected chi connectivity index (χ4v) is 2.69. The third kappa shape index (κ3) is 3.03. The van der Waals surface area contributed by atoms with Crippen molar-refractivity contribution in [2.45, 2.75) is 45.4 Å². The predicted octanol–water partition coefficient (Wildman–Crippen LogP) is 1.90. The lowest BCUT2D eigenvalue weighted by atomic mass is 9.79. The topological polar surface area (TPSA) is 39.5 Å². The molecule has 0 radical (unpaired) electrons. The van der Waals surface area contributed by atoms with Crippen LogP contribution in [0.15, 0.2) is 24.5 Å². The van der Waals surface area contributed by atoms with E-state index in [9.17, 15) is 0 Å². The summed E-state index contributed by atoms with van der Waals surface area (Å²) in [5, 5.41) is 0. The van der Waals surface area contributed by atoms with E-state index in [1.54, 1.807) is 0 Å². The van der Waals surface area contributed by atoms with E-state index < -0.39 is 0 Å². The van der Waals surface area contributed by atoms with E-state index in [2.05, 4.69) is 74.4 Å². The number of hydrogen-bond donors (Lipinski definition) is 0. The molecule has 3 rings (SSSR count). The van der Waals surface area contributed by atoms with E-state index in [1.165, 1.54) is 0 Å². The Balaban J connectivity index is 1.85. The molecule has 0 amide bonds. The fraction of sp³-hybridized carbons (Fsp3) is 0.588. The Morgan fingerprint density at radius 1 is 1.13 bits per heavy atom. The molecule has 2 aromatic rings. The molecule has 1 aliphatic heterocycles. The number of rotatable bonds is 4. The van der Waals surface area contributed by atoms with Gasteiger partial charge in [0.25, 0.3) is 0 Å². The molecule has 0 saturated carbocycles. The number of likely N-dealkylation sites (N-methyl/N-ethyl adjacent to an activating group) is 1. The summed E-state index contributed by atoms with van der Waals surface area (Å²) in [7, 11) is 3.82. The van der Waals surface area contributed by atoms with Crippen molar-refractivity contribution in [2.24, 2.45) is 0 Å². The molecule has 6 heteroatoms. The Morgan fingerprint density at radius 3 is 2.39 bits per heavy atom. The third-order valence-corrected chi connectivity index (χ3v) is 4.96. The van der Waals surface area contributed by atoms with Gasteiger partial charge >= 0.3 is 7.12 Å². The van der Waals surface area contributed by atoms with Gasteiger partial charge in [-0.05, 0) is 59.4 Å². The Hall–Kier alpha value is -1.37. The summed E-state index contributed by atoms with van der Waals surface area (Å²) in [6, 6.07) is 6.26. The molecule has 1 aliphatic rings. The zero-order chi connectivity index (χ0) is 16.8. The molecule has 0 N–H and O–H groups in total. The number of imidazole rings is 1. The standard InChI is InChI=1S/C17H26BN3O2/c1-16(2)17(3,4)23-18(22-16)13-7-8-15-14(11-13)19-12-21(15)10-9-20(5)6/h7-8,11-12H,9-10H2,1-6H3. The summed E-state index contributed by atoms with van der Waals surface area (Å²) in [5.41, 5.74) is 2.51. The van der Waals surface area contributed by atoms with Crippen LogP contribution in [0, 0.1) is 0 Å². The van der Waals surface area contributed by atoms with E-state index in [0.29, 0.717) is 0 Å². The van der Waals surface area contributed by atoms with Crippen LogP contribution in [0.4, 0.5) is 0 Å². The second-order valence-electron chi connectivity index (χ2n) is 7.58. The monoisotopic (exact) mass is 315 g/mol. The average Bonchev–Trinajstić information content (AvgIpc) is 2.94. The highest BCUT2D eigenvalue weighted by molar-refractivity contribution is 6.62. The van der Waals surface area contributed by atoms with Crippen LogP contribution in [0.25, 0.3) is 11.0 Å². The summed E-state index contributed by atoms with van der Waals surface area (Å²) < 4.78 is 14.4. The lowest BCUT2D eigenvalue weighted by Gasteiger charge is -2.32. The molecule has 1 aromatic heterocycles. The first-order chi connectivity index (χ1) is 10.7. The molecule has 23 heavy (non-hydrogen) atoms. The second kappa shape index (κ2) is 5.62. The lowest BCUT2D eigenvalue weighted by molar-refractivity contribution is 0.00578. The Kier molecular flexibility index (Phi) is 4.03. The van der Waals surface area contributed by atoms with Crippen molar-refractivity contribution in [1.82, 2.24) is 14.5 Å². The second-order valence-corrected chi connectivity index (χ2v) is 7.58. The minimum Gasteiger partial charge on any atom is -0.399 e. The number of nitrogens with zero attached hydrogens (tertiary/aromatic N) is 3. The van der Waals surface area contributed by atoms with Gasteiger partial charge in [0.05, 0.1) is 28.6 Å². The van der Waals surface area contributed by atoms with Crippen LogP contribution in [-0.4, -0.2) is 53.4 Å². The largest absolute Gasteiger partial charge is 0.494 e. The highest BCUT2D eigenvalue weighted by Gasteiger charge is 2.51. The molecule has 1 aromatic carbocycles. The van der Waals surface area contributed by atoms with Gasteiger partial charge in [-0.2, -0.15) is 0 Å². The molecule has 0 spiro atoms. The number of benzene rings is 1. The first-order valence-corrected chi connectivity index (χ1v) is 8.15. The van der Waals surface area contributed by atoms with Gasteiger partial charge in [0.1, 0.15) is 0 Å². The van der Waals surface area contributed by atoms with E-state index in [1.807, 2.05) is 6.33 Å². The van der Waals surface area contributed by atoms with Crippen molar-refractivity contribution in [3.8, 4) is 0 Å². The van der Waals surface area contributed by atoms with Gasteiger partial charge in [0.2, 0.25) is 0 Å². The maximum absolute atomic E-state index is 6.12. The van der Waals surface area contributed by atoms with Crippen molar-refractivity contribution >= 4 is 23.6 Å². The normalized spacial score (nSPS) is 19.9. The molecular formula is C17H26BN3O2. The highest BCUT2D eigenvalue weighted by Crippen LogP contribution is 2.36. The molecule has 0 atom stereocenters. The molecule has 0 unspecified atom stereocenters. The lowest BCUT2D eigenvalue weighted by Crippen LogP contribution is -2.41. The molecule has 1 saturated heterocycles. The van der Waals surface area contributed by atoms with E-state index in [-0.39, 0.29) is 18.3 Å². The molecule has 2 heterocycles. The van der Waals surface area contributed by atoms with Crippen molar-refractivity contribution in [1.29, 1.82) is 0 Å². The Morgan fingerprint density at radius 2 is 1.78 bits per heavy atom. The van der Waals surface area contributed by atoms with Crippen LogP contribution < -0.4 is 5.46 Å². The minimum atomic E-state index is -0.337. The summed E-state index contributed by atoms with van der Waals surface area (Å²) in [6.07, 6.45) is 1.90. The van der Waals surface area contributed by atoms with Crippen molar-refractivity contribution in [2.75, 3.05) is 20.6 Å². The zero-order valence-corrected chi connectivity index (χ0v) is 15.0. The maximum atomic E-state index is 6.12. The fourth-order valence-electron chi connectivity index (χ4n) is 2.69. The van der Waals surface area contributed by atoms with E-state index in [0.717, 1.165) is 29.6 Å². The van der Waals surface area contributed by atoms with Crippen LogP contribution in [0.1, 0.15) is 27.7 Å². The van der Waals surface area contributed by atoms with Crippen LogP contribution in [0.3, 0.4) is 0 Å². The van der Waals surface area contributed by atoms with Gasteiger partial charge in [0.15, 0.2) is 0 Å². The van der Waals surface area contributed by atoms with Gasteiger partial charge in [-0.25, -0.2) is 4.98 Å². The summed E-state index contributed by atoms with van der Waals surface area (Å²) in [4.78, 5) is 6.71. The Labute approximate surface area is 138 Å². The molecule has 124 valence electrons. The van der Waals surface area contributed by atoms with Crippen LogP contribution in [0.5, 0.6) is 0 Å². The van der Waals surface area contributed by atoms with E-state index >= 15 is 0 Å². The SMILES string of the molecule is CN(C)CCn1cnc2cc(B3OC(C)(C)C(C)(C)O3)ccc21. The van der Waals surface area contributed by atoms with Crippen LogP contribution in [0.2, 0.25) is 0 Å². The number of fused-ring (bicyclic) bond motifs is 1. The zero-order valence-electron chi connectivity index (χ0n) is 15.0.